The Morgan fingerprint density at radius 3 is 2.54 bits per heavy atom. The van der Waals surface area contributed by atoms with Crippen molar-refractivity contribution in [2.45, 2.75) is 13.8 Å². The van der Waals surface area contributed by atoms with Crippen molar-refractivity contribution in [2.75, 3.05) is 0 Å². The number of rotatable bonds is 1. The highest BCUT2D eigenvalue weighted by atomic mass is 16.1. The molecule has 0 atom stereocenters. The van der Waals surface area contributed by atoms with Gasteiger partial charge in [0.2, 0.25) is 0 Å². The Labute approximate surface area is 78.1 Å². The van der Waals surface area contributed by atoms with E-state index in [1.807, 2.05) is 18.2 Å². The fraction of sp³-hybridized carbons (Fsp3) is 0.250. The van der Waals surface area contributed by atoms with Crippen LogP contribution in [0.5, 0.6) is 0 Å². The smallest absolute Gasteiger partial charge is 0.186 e. The predicted octanol–water partition coefficient (Wildman–Crippen LogP) is 2.57. The molecule has 0 spiro atoms. The molecular weight excluding hydrogens is 160 g/mol. The number of allylic oxidation sites excluding steroid dienone is 8. The number of ketones is 1. The summed E-state index contributed by atoms with van der Waals surface area (Å²) in [6.07, 6.45) is 9.44. The molecule has 0 unspecified atom stereocenters. The summed E-state index contributed by atoms with van der Waals surface area (Å²) >= 11 is 0. The molecule has 0 aromatic heterocycles. The zero-order valence-corrected chi connectivity index (χ0v) is 7.87. The van der Waals surface area contributed by atoms with Crippen LogP contribution in [0.3, 0.4) is 0 Å². The van der Waals surface area contributed by atoms with Gasteiger partial charge in [-0.05, 0) is 23.1 Å². The summed E-state index contributed by atoms with van der Waals surface area (Å²) in [7, 11) is 0. The monoisotopic (exact) mass is 172 g/mol. The van der Waals surface area contributed by atoms with Gasteiger partial charge in [0.1, 0.15) is 0 Å². The molecule has 1 nitrogen and oxygen atoms in total. The van der Waals surface area contributed by atoms with Crippen LogP contribution in [0.2, 0.25) is 0 Å². The Bertz CT molecular complexity index is 376. The molecule has 0 N–H and O–H groups in total. The topological polar surface area (TPSA) is 17.1 Å². The first kappa shape index (κ1) is 8.24. The average molecular weight is 172 g/mol. The maximum Gasteiger partial charge on any atom is 0.186 e. The fourth-order valence-corrected chi connectivity index (χ4v) is 1.73. The quantitative estimate of drug-likeness (QED) is 0.594. The van der Waals surface area contributed by atoms with Crippen LogP contribution in [-0.2, 0) is 4.79 Å². The minimum Gasteiger partial charge on any atom is -0.289 e. The highest BCUT2D eigenvalue weighted by molar-refractivity contribution is 6.10. The molecule has 0 amide bonds. The van der Waals surface area contributed by atoms with Crippen molar-refractivity contribution in [2.24, 2.45) is 5.92 Å². The van der Waals surface area contributed by atoms with Gasteiger partial charge in [-0.1, -0.05) is 38.2 Å². The van der Waals surface area contributed by atoms with Gasteiger partial charge in [0, 0.05) is 5.57 Å². The maximum atomic E-state index is 11.4. The second-order valence-corrected chi connectivity index (χ2v) is 3.66. The molecule has 0 saturated heterocycles. The van der Waals surface area contributed by atoms with Crippen molar-refractivity contribution in [3.63, 3.8) is 0 Å². The Morgan fingerprint density at radius 1 is 1.08 bits per heavy atom. The molecule has 13 heavy (non-hydrogen) atoms. The van der Waals surface area contributed by atoms with Crippen LogP contribution in [-0.4, -0.2) is 5.78 Å². The van der Waals surface area contributed by atoms with E-state index in [4.69, 9.17) is 0 Å². The Hall–Kier alpha value is -1.37. The van der Waals surface area contributed by atoms with Crippen LogP contribution >= 0.6 is 0 Å². The zero-order chi connectivity index (χ0) is 9.42. The van der Waals surface area contributed by atoms with Gasteiger partial charge in [0.25, 0.3) is 0 Å². The van der Waals surface area contributed by atoms with Gasteiger partial charge < -0.3 is 0 Å². The lowest BCUT2D eigenvalue weighted by atomic mass is 9.90. The predicted molar refractivity (Wildman–Crippen MR) is 53.2 cm³/mol. The molecule has 0 aromatic rings. The second-order valence-electron chi connectivity index (χ2n) is 3.66. The molecule has 0 radical (unpaired) electrons. The van der Waals surface area contributed by atoms with E-state index in [1.165, 1.54) is 5.57 Å². The standard InChI is InChI=1S/C12H12O/c1-8(2)9-6-7-11-10(9)4-3-5-12(11)13/h3-8H,1-2H3. The van der Waals surface area contributed by atoms with Gasteiger partial charge in [0.05, 0.1) is 0 Å². The highest BCUT2D eigenvalue weighted by Crippen LogP contribution is 2.33. The van der Waals surface area contributed by atoms with Crippen LogP contribution in [0, 0.1) is 5.92 Å². The van der Waals surface area contributed by atoms with Crippen LogP contribution < -0.4 is 0 Å². The fourth-order valence-electron chi connectivity index (χ4n) is 1.73. The lowest BCUT2D eigenvalue weighted by Gasteiger charge is -2.13. The van der Waals surface area contributed by atoms with E-state index in [0.717, 1.165) is 11.1 Å². The Kier molecular flexibility index (Phi) is 1.80. The molecule has 0 fully saturated rings. The zero-order valence-electron chi connectivity index (χ0n) is 7.87. The SMILES string of the molecule is CC(C)C1=CC=C2C(=O)C=CC=C21. The average Bonchev–Trinajstić information content (AvgIpc) is 2.48. The van der Waals surface area contributed by atoms with Crippen molar-refractivity contribution in [1.29, 1.82) is 0 Å². The van der Waals surface area contributed by atoms with E-state index < -0.39 is 0 Å². The van der Waals surface area contributed by atoms with Crippen LogP contribution in [0.1, 0.15) is 13.8 Å². The summed E-state index contributed by atoms with van der Waals surface area (Å²) < 4.78 is 0. The number of carbonyl (C=O) groups is 1. The second kappa shape index (κ2) is 2.84. The Balaban J connectivity index is 2.41. The molecule has 66 valence electrons. The van der Waals surface area contributed by atoms with E-state index in [9.17, 15) is 4.79 Å². The minimum absolute atomic E-state index is 0.129. The molecule has 0 saturated carbocycles. The van der Waals surface area contributed by atoms with Crippen molar-refractivity contribution in [3.8, 4) is 0 Å². The normalized spacial score (nSPS) is 19.9. The first-order chi connectivity index (χ1) is 6.20. The first-order valence-corrected chi connectivity index (χ1v) is 4.55. The summed E-state index contributed by atoms with van der Waals surface area (Å²) in [6.45, 7) is 4.29. The third-order valence-corrected chi connectivity index (χ3v) is 2.43. The third-order valence-electron chi connectivity index (χ3n) is 2.43. The van der Waals surface area contributed by atoms with Crippen molar-refractivity contribution < 1.29 is 4.79 Å². The minimum atomic E-state index is 0.129. The molecule has 1 heteroatoms. The molecule has 0 heterocycles. The Morgan fingerprint density at radius 2 is 1.85 bits per heavy atom. The lowest BCUT2D eigenvalue weighted by molar-refractivity contribution is -0.111. The van der Waals surface area contributed by atoms with Gasteiger partial charge in [-0.3, -0.25) is 4.79 Å². The van der Waals surface area contributed by atoms with Crippen molar-refractivity contribution >= 4 is 5.78 Å². The highest BCUT2D eigenvalue weighted by Gasteiger charge is 2.22. The lowest BCUT2D eigenvalue weighted by Crippen LogP contribution is -2.06. The van der Waals surface area contributed by atoms with Crippen molar-refractivity contribution in [3.05, 3.63) is 47.1 Å². The summed E-state index contributed by atoms with van der Waals surface area (Å²) in [6, 6.07) is 0. The van der Waals surface area contributed by atoms with E-state index in [2.05, 4.69) is 19.9 Å². The van der Waals surface area contributed by atoms with Gasteiger partial charge in [-0.2, -0.15) is 0 Å². The number of carbonyl (C=O) groups excluding carboxylic acids is 1. The molecular formula is C12H12O. The van der Waals surface area contributed by atoms with Crippen LogP contribution in [0.4, 0.5) is 0 Å². The van der Waals surface area contributed by atoms with Gasteiger partial charge >= 0.3 is 0 Å². The number of fused-ring (bicyclic) bond motifs is 1. The van der Waals surface area contributed by atoms with Gasteiger partial charge in [-0.15, -0.1) is 0 Å². The number of hydrogen-bond donors (Lipinski definition) is 0. The summed E-state index contributed by atoms with van der Waals surface area (Å²) in [5.74, 6) is 0.615. The molecule has 0 aromatic carbocycles. The molecule has 2 aliphatic carbocycles. The van der Waals surface area contributed by atoms with Crippen LogP contribution in [0.15, 0.2) is 47.1 Å². The third kappa shape index (κ3) is 1.21. The van der Waals surface area contributed by atoms with Crippen molar-refractivity contribution in [1.82, 2.24) is 0 Å². The van der Waals surface area contributed by atoms with Crippen LogP contribution in [0.25, 0.3) is 0 Å². The number of hydrogen-bond acceptors (Lipinski definition) is 1. The summed E-state index contributed by atoms with van der Waals surface area (Å²) in [4.78, 5) is 11.4. The molecule has 0 bridgehead atoms. The van der Waals surface area contributed by atoms with E-state index in [0.29, 0.717) is 5.92 Å². The molecule has 2 rings (SSSR count). The largest absolute Gasteiger partial charge is 0.289 e. The van der Waals surface area contributed by atoms with Gasteiger partial charge in [0.15, 0.2) is 5.78 Å². The van der Waals surface area contributed by atoms with E-state index >= 15 is 0 Å². The van der Waals surface area contributed by atoms with E-state index in [1.54, 1.807) is 6.08 Å². The first-order valence-electron chi connectivity index (χ1n) is 4.55. The molecule has 2 aliphatic rings. The summed E-state index contributed by atoms with van der Waals surface area (Å²) in [5.41, 5.74) is 3.24. The molecule has 0 aliphatic heterocycles. The van der Waals surface area contributed by atoms with E-state index in [-0.39, 0.29) is 5.78 Å². The maximum absolute atomic E-state index is 11.4. The van der Waals surface area contributed by atoms with Gasteiger partial charge in [-0.25, -0.2) is 0 Å². The summed E-state index contributed by atoms with van der Waals surface area (Å²) in [5, 5.41) is 0.